The van der Waals surface area contributed by atoms with Crippen molar-refractivity contribution in [1.82, 2.24) is 0 Å². The Morgan fingerprint density at radius 2 is 1.93 bits per heavy atom. The Bertz CT molecular complexity index is 900. The van der Waals surface area contributed by atoms with E-state index >= 15 is 0 Å². The van der Waals surface area contributed by atoms with Crippen molar-refractivity contribution in [3.05, 3.63) is 75.1 Å². The SMILES string of the molecule is CCC(Cc1ccccc1F)C(=O)Nc1cc(C(=O)O)ccc1C(C)[N+](=O)[O-]. The number of halogens is 1. The number of amides is 1. The smallest absolute Gasteiger partial charge is 0.335 e. The fraction of sp³-hybridized carbons (Fsp3) is 0.300. The monoisotopic (exact) mass is 388 g/mol. The van der Waals surface area contributed by atoms with Gasteiger partial charge in [0.1, 0.15) is 5.82 Å². The Morgan fingerprint density at radius 3 is 2.50 bits per heavy atom. The first-order valence-electron chi connectivity index (χ1n) is 8.79. The highest BCUT2D eigenvalue weighted by atomic mass is 19.1. The Morgan fingerprint density at radius 1 is 1.25 bits per heavy atom. The van der Waals surface area contributed by atoms with Crippen LogP contribution in [0.3, 0.4) is 0 Å². The summed E-state index contributed by atoms with van der Waals surface area (Å²) in [5.41, 5.74) is 0.560. The summed E-state index contributed by atoms with van der Waals surface area (Å²) < 4.78 is 13.9. The summed E-state index contributed by atoms with van der Waals surface area (Å²) in [6.45, 7) is 3.13. The van der Waals surface area contributed by atoms with Gasteiger partial charge in [-0.1, -0.05) is 25.1 Å². The van der Waals surface area contributed by atoms with Crippen LogP contribution in [0.15, 0.2) is 42.5 Å². The summed E-state index contributed by atoms with van der Waals surface area (Å²) in [4.78, 5) is 34.6. The molecule has 2 N–H and O–H groups in total. The number of hydrogen-bond acceptors (Lipinski definition) is 4. The summed E-state index contributed by atoms with van der Waals surface area (Å²) in [5, 5.41) is 22.9. The summed E-state index contributed by atoms with van der Waals surface area (Å²) in [6.07, 6.45) is 0.576. The van der Waals surface area contributed by atoms with Crippen LogP contribution in [-0.4, -0.2) is 21.9 Å². The average molecular weight is 388 g/mol. The molecule has 0 spiro atoms. The molecule has 0 radical (unpaired) electrons. The summed E-state index contributed by atoms with van der Waals surface area (Å²) in [7, 11) is 0. The lowest BCUT2D eigenvalue weighted by molar-refractivity contribution is -0.524. The highest BCUT2D eigenvalue weighted by Crippen LogP contribution is 2.27. The standard InChI is InChI=1S/C20H21FN2O5/c1-3-13(10-14-6-4-5-7-17(14)21)19(24)22-18-11-15(20(25)26)8-9-16(18)12(2)23(27)28/h4-9,11-13H,3,10H2,1-2H3,(H,22,24)(H,25,26). The van der Waals surface area contributed by atoms with E-state index in [1.807, 2.05) is 0 Å². The maximum Gasteiger partial charge on any atom is 0.335 e. The van der Waals surface area contributed by atoms with Crippen LogP contribution in [0.4, 0.5) is 10.1 Å². The summed E-state index contributed by atoms with van der Waals surface area (Å²) >= 11 is 0. The number of benzene rings is 2. The largest absolute Gasteiger partial charge is 0.478 e. The van der Waals surface area contributed by atoms with Crippen LogP contribution in [0.25, 0.3) is 0 Å². The number of aromatic carboxylic acids is 1. The lowest BCUT2D eigenvalue weighted by atomic mass is 9.95. The molecule has 7 nitrogen and oxygen atoms in total. The number of nitrogens with zero attached hydrogens (tertiary/aromatic N) is 1. The van der Waals surface area contributed by atoms with Gasteiger partial charge in [-0.3, -0.25) is 14.9 Å². The van der Waals surface area contributed by atoms with Gasteiger partial charge in [0, 0.05) is 23.3 Å². The zero-order chi connectivity index (χ0) is 20.8. The van der Waals surface area contributed by atoms with Crippen molar-refractivity contribution in [3.63, 3.8) is 0 Å². The van der Waals surface area contributed by atoms with E-state index in [2.05, 4.69) is 5.32 Å². The molecule has 0 heterocycles. The Balaban J connectivity index is 2.31. The van der Waals surface area contributed by atoms with Gasteiger partial charge < -0.3 is 10.4 Å². The second-order valence-electron chi connectivity index (χ2n) is 6.46. The predicted octanol–water partition coefficient (Wildman–Crippen LogP) is 4.07. The minimum absolute atomic E-state index is 0.0704. The van der Waals surface area contributed by atoms with E-state index in [4.69, 9.17) is 0 Å². The molecule has 0 fully saturated rings. The molecule has 8 heteroatoms. The first-order valence-corrected chi connectivity index (χ1v) is 8.79. The third kappa shape index (κ3) is 4.91. The Kier molecular flexibility index (Phi) is 6.81. The van der Waals surface area contributed by atoms with Crippen molar-refractivity contribution < 1.29 is 24.0 Å². The van der Waals surface area contributed by atoms with Crippen molar-refractivity contribution in [2.75, 3.05) is 5.32 Å². The van der Waals surface area contributed by atoms with Crippen molar-refractivity contribution in [2.24, 2.45) is 5.92 Å². The number of nitrogens with one attached hydrogen (secondary N) is 1. The van der Waals surface area contributed by atoms with Gasteiger partial charge in [0.2, 0.25) is 11.9 Å². The molecule has 28 heavy (non-hydrogen) atoms. The second-order valence-corrected chi connectivity index (χ2v) is 6.46. The van der Waals surface area contributed by atoms with Gasteiger partial charge in [0.25, 0.3) is 0 Å². The van der Waals surface area contributed by atoms with E-state index in [9.17, 15) is 29.2 Å². The molecule has 0 bridgehead atoms. The van der Waals surface area contributed by atoms with Crippen LogP contribution in [0.2, 0.25) is 0 Å². The van der Waals surface area contributed by atoms with Gasteiger partial charge in [-0.25, -0.2) is 9.18 Å². The Hall–Kier alpha value is -3.29. The van der Waals surface area contributed by atoms with Crippen LogP contribution >= 0.6 is 0 Å². The molecule has 0 aliphatic heterocycles. The number of anilines is 1. The second kappa shape index (κ2) is 9.07. The Labute approximate surface area is 161 Å². The van der Waals surface area contributed by atoms with Crippen LogP contribution in [-0.2, 0) is 11.2 Å². The molecule has 2 aromatic rings. The summed E-state index contributed by atoms with van der Waals surface area (Å²) in [5.74, 6) is -2.66. The normalized spacial score (nSPS) is 12.8. The predicted molar refractivity (Wildman–Crippen MR) is 101 cm³/mol. The summed E-state index contributed by atoms with van der Waals surface area (Å²) in [6, 6.07) is 8.78. The molecule has 0 saturated carbocycles. The first-order chi connectivity index (χ1) is 13.2. The van der Waals surface area contributed by atoms with E-state index in [1.165, 1.54) is 31.2 Å². The highest BCUT2D eigenvalue weighted by molar-refractivity contribution is 5.96. The van der Waals surface area contributed by atoms with Crippen molar-refractivity contribution in [3.8, 4) is 0 Å². The number of carbonyl (C=O) groups excluding carboxylic acids is 1. The first kappa shape index (κ1) is 21.0. The van der Waals surface area contributed by atoms with Gasteiger partial charge in [-0.2, -0.15) is 0 Å². The number of carbonyl (C=O) groups is 2. The van der Waals surface area contributed by atoms with E-state index in [0.29, 0.717) is 12.0 Å². The number of carboxylic acid groups (broad SMARTS) is 1. The maximum atomic E-state index is 13.9. The fourth-order valence-corrected chi connectivity index (χ4v) is 2.86. The van der Waals surface area contributed by atoms with E-state index in [0.717, 1.165) is 0 Å². The quantitative estimate of drug-likeness (QED) is 0.523. The van der Waals surface area contributed by atoms with Gasteiger partial charge in [-0.15, -0.1) is 0 Å². The van der Waals surface area contributed by atoms with Crippen molar-refractivity contribution in [2.45, 2.75) is 32.7 Å². The lowest BCUT2D eigenvalue weighted by Crippen LogP contribution is -2.26. The molecule has 0 aliphatic rings. The molecule has 0 aliphatic carbocycles. The fourth-order valence-electron chi connectivity index (χ4n) is 2.86. The van der Waals surface area contributed by atoms with Crippen LogP contribution in [0.1, 0.15) is 47.8 Å². The van der Waals surface area contributed by atoms with Gasteiger partial charge in [0.15, 0.2) is 0 Å². The van der Waals surface area contributed by atoms with Crippen molar-refractivity contribution >= 4 is 17.6 Å². The van der Waals surface area contributed by atoms with E-state index < -0.39 is 34.6 Å². The molecule has 0 aromatic heterocycles. The van der Waals surface area contributed by atoms with Gasteiger partial charge in [-0.05, 0) is 42.7 Å². The van der Waals surface area contributed by atoms with Crippen LogP contribution in [0.5, 0.6) is 0 Å². The zero-order valence-electron chi connectivity index (χ0n) is 15.5. The maximum absolute atomic E-state index is 13.9. The number of hydrogen-bond donors (Lipinski definition) is 2. The number of nitro groups is 1. The molecule has 0 saturated heterocycles. The van der Waals surface area contributed by atoms with E-state index in [1.54, 1.807) is 25.1 Å². The minimum atomic E-state index is -1.21. The van der Waals surface area contributed by atoms with Gasteiger partial charge >= 0.3 is 5.97 Å². The number of carboxylic acids is 1. The molecule has 2 aromatic carbocycles. The molecule has 2 rings (SSSR count). The molecular formula is C20H21FN2O5. The van der Waals surface area contributed by atoms with Crippen LogP contribution < -0.4 is 5.32 Å². The molecule has 1 amide bonds. The van der Waals surface area contributed by atoms with Crippen LogP contribution in [0, 0.1) is 21.8 Å². The molecular weight excluding hydrogens is 367 g/mol. The molecule has 2 unspecified atom stereocenters. The van der Waals surface area contributed by atoms with E-state index in [-0.39, 0.29) is 23.2 Å². The molecule has 2 atom stereocenters. The topological polar surface area (TPSA) is 110 Å². The zero-order valence-corrected chi connectivity index (χ0v) is 15.5. The van der Waals surface area contributed by atoms with Crippen molar-refractivity contribution in [1.29, 1.82) is 0 Å². The number of rotatable bonds is 8. The average Bonchev–Trinajstić information content (AvgIpc) is 2.66. The molecule has 148 valence electrons. The lowest BCUT2D eigenvalue weighted by Gasteiger charge is -2.18. The highest BCUT2D eigenvalue weighted by Gasteiger charge is 2.25. The third-order valence-electron chi connectivity index (χ3n) is 4.61. The minimum Gasteiger partial charge on any atom is -0.478 e. The third-order valence-corrected chi connectivity index (χ3v) is 4.61. The van der Waals surface area contributed by atoms with Gasteiger partial charge in [0.05, 0.1) is 11.3 Å².